The van der Waals surface area contributed by atoms with Crippen LogP contribution in [0, 0.1) is 5.92 Å². The second-order valence-corrected chi connectivity index (χ2v) is 11.3. The zero-order valence-electron chi connectivity index (χ0n) is 24.1. The summed E-state index contributed by atoms with van der Waals surface area (Å²) in [6.07, 6.45) is 10.5. The van der Waals surface area contributed by atoms with Crippen LogP contribution < -0.4 is 5.32 Å². The third-order valence-corrected chi connectivity index (χ3v) is 8.19. The van der Waals surface area contributed by atoms with Crippen molar-refractivity contribution in [2.75, 3.05) is 60.0 Å². The molecule has 5 rings (SSSR count). The summed E-state index contributed by atoms with van der Waals surface area (Å²) in [6.45, 7) is 11.0. The van der Waals surface area contributed by atoms with Crippen LogP contribution in [0.25, 0.3) is 10.9 Å². The highest BCUT2D eigenvalue weighted by atomic mass is 16.5. The summed E-state index contributed by atoms with van der Waals surface area (Å²) in [5.74, 6) is -0.0133. The Morgan fingerprint density at radius 3 is 2.64 bits per heavy atom. The first-order chi connectivity index (χ1) is 18.9. The van der Waals surface area contributed by atoms with Crippen molar-refractivity contribution in [1.29, 1.82) is 0 Å². The van der Waals surface area contributed by atoms with Crippen molar-refractivity contribution in [3.8, 4) is 0 Å². The fourth-order valence-electron chi connectivity index (χ4n) is 6.36. The van der Waals surface area contributed by atoms with Crippen molar-refractivity contribution < 1.29 is 14.3 Å². The van der Waals surface area contributed by atoms with Crippen molar-refractivity contribution in [3.05, 3.63) is 48.2 Å². The van der Waals surface area contributed by atoms with Gasteiger partial charge in [0.1, 0.15) is 0 Å². The summed E-state index contributed by atoms with van der Waals surface area (Å²) >= 11 is 0. The summed E-state index contributed by atoms with van der Waals surface area (Å²) in [5.41, 5.74) is 3.84. The highest BCUT2D eigenvalue weighted by molar-refractivity contribution is 5.96. The fourth-order valence-corrected chi connectivity index (χ4v) is 6.36. The number of aromatic amines is 1. The Bertz CT molecular complexity index is 1100. The van der Waals surface area contributed by atoms with E-state index in [1.165, 1.54) is 40.7 Å². The third-order valence-electron chi connectivity index (χ3n) is 8.19. The monoisotopic (exact) mass is 537 g/mol. The van der Waals surface area contributed by atoms with Crippen LogP contribution >= 0.6 is 0 Å². The molecule has 8 heteroatoms. The molecular formula is C31H47N5O3. The Hall–Kier alpha value is -2.68. The Morgan fingerprint density at radius 2 is 2.00 bits per heavy atom. The number of aromatic nitrogens is 1. The van der Waals surface area contributed by atoms with Gasteiger partial charge in [-0.2, -0.15) is 0 Å². The van der Waals surface area contributed by atoms with E-state index in [0.29, 0.717) is 25.7 Å². The lowest BCUT2D eigenvalue weighted by molar-refractivity contribution is -0.135. The van der Waals surface area contributed by atoms with E-state index in [1.54, 1.807) is 0 Å². The Kier molecular flexibility index (Phi) is 10.6. The van der Waals surface area contributed by atoms with Gasteiger partial charge >= 0.3 is 6.03 Å². The zero-order valence-corrected chi connectivity index (χ0v) is 24.1. The zero-order chi connectivity index (χ0) is 27.8. The molecule has 0 spiro atoms. The van der Waals surface area contributed by atoms with Gasteiger partial charge in [-0.25, -0.2) is 4.79 Å². The average molecular weight is 538 g/mol. The topological polar surface area (TPSA) is 80.9 Å². The molecule has 2 fully saturated rings. The largest absolute Gasteiger partial charge is 0.381 e. The molecule has 2 aromatic rings. The van der Waals surface area contributed by atoms with Gasteiger partial charge < -0.3 is 19.9 Å². The van der Waals surface area contributed by atoms with Crippen molar-refractivity contribution in [3.63, 3.8) is 0 Å². The number of amides is 3. The number of rotatable bonds is 8. The molecule has 2 aliphatic heterocycles. The van der Waals surface area contributed by atoms with Gasteiger partial charge in [0.25, 0.3) is 0 Å². The molecule has 3 atom stereocenters. The fraction of sp³-hybridized carbons (Fsp3) is 0.613. The molecule has 0 radical (unpaired) electrons. The number of ether oxygens (including phenoxy) is 1. The lowest BCUT2D eigenvalue weighted by Gasteiger charge is -2.47. The molecule has 2 N–H and O–H groups in total. The van der Waals surface area contributed by atoms with Crippen LogP contribution in [-0.2, 0) is 16.0 Å². The van der Waals surface area contributed by atoms with Gasteiger partial charge in [-0.3, -0.25) is 14.6 Å². The van der Waals surface area contributed by atoms with Gasteiger partial charge in [-0.1, -0.05) is 18.2 Å². The highest BCUT2D eigenvalue weighted by Gasteiger charge is 2.43. The predicted molar refractivity (Wildman–Crippen MR) is 157 cm³/mol. The van der Waals surface area contributed by atoms with Crippen molar-refractivity contribution in [1.82, 2.24) is 25.0 Å². The van der Waals surface area contributed by atoms with Gasteiger partial charge in [-0.15, -0.1) is 6.58 Å². The van der Waals surface area contributed by atoms with Gasteiger partial charge in [0.15, 0.2) is 0 Å². The molecule has 0 unspecified atom stereocenters. The van der Waals surface area contributed by atoms with E-state index in [4.69, 9.17) is 4.74 Å². The minimum absolute atomic E-state index is 0.0562. The second kappa shape index (κ2) is 14.1. The van der Waals surface area contributed by atoms with Crippen molar-refractivity contribution in [2.24, 2.45) is 5.92 Å². The first kappa shape index (κ1) is 29.3. The molecule has 0 saturated carbocycles. The van der Waals surface area contributed by atoms with E-state index in [-0.39, 0.29) is 23.8 Å². The first-order valence-electron chi connectivity index (χ1n) is 14.7. The summed E-state index contributed by atoms with van der Waals surface area (Å²) in [6, 6.07) is 6.50. The lowest BCUT2D eigenvalue weighted by Crippen LogP contribution is -2.55. The Balaban J connectivity index is 0.000000519. The normalized spacial score (nSPS) is 22.5. The number of urea groups is 1. The van der Waals surface area contributed by atoms with E-state index in [0.717, 1.165) is 51.1 Å². The number of nitrogens with zero attached hydrogens (tertiary/aromatic N) is 3. The van der Waals surface area contributed by atoms with E-state index in [9.17, 15) is 9.59 Å². The van der Waals surface area contributed by atoms with Crippen LogP contribution in [-0.4, -0.2) is 97.7 Å². The summed E-state index contributed by atoms with van der Waals surface area (Å²) in [5, 5.41) is 4.16. The molecule has 0 bridgehead atoms. The van der Waals surface area contributed by atoms with Crippen LogP contribution in [0.15, 0.2) is 37.1 Å². The average Bonchev–Trinajstić information content (AvgIpc) is 3.36. The minimum Gasteiger partial charge on any atom is -0.381 e. The minimum atomic E-state index is -0.280. The van der Waals surface area contributed by atoms with Crippen LogP contribution in [0.5, 0.6) is 0 Å². The number of likely N-dealkylation sites (tertiary alicyclic amines) is 1. The van der Waals surface area contributed by atoms with Gasteiger partial charge in [0.2, 0.25) is 5.91 Å². The lowest BCUT2D eigenvalue weighted by atomic mass is 9.72. The number of nitrogens with one attached hydrogen (secondary N) is 2. The third kappa shape index (κ3) is 7.10. The number of carbonyl (C=O) groups excluding carboxylic acids is 2. The maximum Gasteiger partial charge on any atom is 0.324 e. The van der Waals surface area contributed by atoms with Gasteiger partial charge in [0, 0.05) is 68.5 Å². The summed E-state index contributed by atoms with van der Waals surface area (Å²) < 4.78 is 5.07. The SMILES string of the molecule is C1CCOCC1.C=CCN1C[C@H](C(=O)N(CCCN(C)C)C(=O)NCC)C[C@@H]2c3cccc4[nH]cc(c34)C[C@H]21. The molecule has 8 nitrogen and oxygen atoms in total. The smallest absolute Gasteiger partial charge is 0.324 e. The number of imide groups is 1. The quantitative estimate of drug-likeness (QED) is 0.489. The number of hydrogen-bond donors (Lipinski definition) is 2. The van der Waals surface area contributed by atoms with Crippen molar-refractivity contribution in [2.45, 2.75) is 57.4 Å². The molecule has 3 heterocycles. The molecule has 39 heavy (non-hydrogen) atoms. The molecule has 1 aromatic carbocycles. The Morgan fingerprint density at radius 1 is 1.21 bits per heavy atom. The second-order valence-electron chi connectivity index (χ2n) is 11.3. The number of hydrogen-bond acceptors (Lipinski definition) is 5. The van der Waals surface area contributed by atoms with E-state index < -0.39 is 0 Å². The Labute approximate surface area is 233 Å². The van der Waals surface area contributed by atoms with Crippen LogP contribution in [0.3, 0.4) is 0 Å². The highest BCUT2D eigenvalue weighted by Crippen LogP contribution is 2.45. The van der Waals surface area contributed by atoms with Gasteiger partial charge in [-0.05, 0) is 83.3 Å². The predicted octanol–water partition coefficient (Wildman–Crippen LogP) is 4.38. The molecule has 214 valence electrons. The maximum absolute atomic E-state index is 13.7. The van der Waals surface area contributed by atoms with E-state index in [1.807, 2.05) is 27.1 Å². The number of carbonyl (C=O) groups is 2. The standard InChI is InChI=1S/C26H37N5O2.C5H10O/c1-5-11-30-17-19(25(32)31(26(33)27-6-2)13-8-12-29(3)4)14-21-20-9-7-10-22-24(20)18(16-28-22)15-23(21)30;1-2-4-6-5-3-1/h5,7,9-10,16,19,21,23,28H,1,6,8,11-15,17H2,2-4H3,(H,27,33);1-5H2/t19-,21-,23-;/m1./s1. The van der Waals surface area contributed by atoms with Crippen LogP contribution in [0.4, 0.5) is 4.79 Å². The molecule has 3 aliphatic rings. The summed E-state index contributed by atoms with van der Waals surface area (Å²) in [7, 11) is 4.01. The van der Waals surface area contributed by atoms with E-state index >= 15 is 0 Å². The van der Waals surface area contributed by atoms with Gasteiger partial charge in [0.05, 0.1) is 5.92 Å². The molecule has 1 aromatic heterocycles. The number of fused-ring (bicyclic) bond motifs is 2. The molecule has 1 aliphatic carbocycles. The van der Waals surface area contributed by atoms with Crippen molar-refractivity contribution >= 4 is 22.8 Å². The number of piperidine rings is 1. The first-order valence-corrected chi connectivity index (χ1v) is 14.7. The van der Waals surface area contributed by atoms with Crippen LogP contribution in [0.2, 0.25) is 0 Å². The molecular weight excluding hydrogens is 490 g/mol. The molecule has 3 amide bonds. The number of H-pyrrole nitrogens is 1. The number of benzene rings is 1. The summed E-state index contributed by atoms with van der Waals surface area (Å²) in [4.78, 5) is 35.9. The maximum atomic E-state index is 13.7. The molecule has 2 saturated heterocycles. The van der Waals surface area contributed by atoms with Crippen LogP contribution in [0.1, 0.15) is 56.1 Å². The van der Waals surface area contributed by atoms with E-state index in [2.05, 4.69) is 51.1 Å².